The summed E-state index contributed by atoms with van der Waals surface area (Å²) < 4.78 is 56.0. The van der Waals surface area contributed by atoms with Crippen LogP contribution in [0.25, 0.3) is 0 Å². The Balaban J connectivity index is 1.29. The summed E-state index contributed by atoms with van der Waals surface area (Å²) in [6.07, 6.45) is 0.944. The van der Waals surface area contributed by atoms with Crippen molar-refractivity contribution in [3.05, 3.63) is 81.3 Å². The van der Waals surface area contributed by atoms with Crippen LogP contribution in [0.3, 0.4) is 0 Å². The molecular formula is C31H32Cl2F3N5O6. The first-order valence-electron chi connectivity index (χ1n) is 14.6. The van der Waals surface area contributed by atoms with Crippen LogP contribution in [-0.2, 0) is 25.6 Å². The number of aliphatic hydroxyl groups is 1. The Bertz CT molecular complexity index is 1700. The molecule has 3 heterocycles. The average Bonchev–Trinajstić information content (AvgIpc) is 3.59. The van der Waals surface area contributed by atoms with Crippen molar-refractivity contribution in [1.29, 1.82) is 0 Å². The van der Waals surface area contributed by atoms with E-state index in [2.05, 4.69) is 15.7 Å². The molecule has 2 aliphatic heterocycles. The number of amides is 3. The number of aromatic nitrogens is 2. The first-order valence-corrected chi connectivity index (χ1v) is 15.4. The maximum absolute atomic E-state index is 14.8. The molecule has 2 aliphatic rings. The van der Waals surface area contributed by atoms with Crippen LogP contribution in [0.2, 0.25) is 10.0 Å². The third-order valence-electron chi connectivity index (χ3n) is 7.78. The fourth-order valence-electron chi connectivity index (χ4n) is 5.52. The molecule has 47 heavy (non-hydrogen) atoms. The summed E-state index contributed by atoms with van der Waals surface area (Å²) in [5.41, 5.74) is -3.09. The van der Waals surface area contributed by atoms with E-state index < -0.39 is 64.7 Å². The van der Waals surface area contributed by atoms with Crippen molar-refractivity contribution in [1.82, 2.24) is 20.4 Å². The number of nitrogens with one attached hydrogen (secondary N) is 2. The van der Waals surface area contributed by atoms with E-state index in [1.807, 2.05) is 0 Å². The molecule has 2 aromatic carbocycles. The van der Waals surface area contributed by atoms with Crippen LogP contribution in [0.5, 0.6) is 0 Å². The molecule has 5 rings (SSSR count). The van der Waals surface area contributed by atoms with E-state index in [0.717, 1.165) is 18.2 Å². The van der Waals surface area contributed by atoms with Crippen LogP contribution in [0.4, 0.5) is 23.7 Å². The number of rotatable bonds is 7. The second-order valence-corrected chi connectivity index (χ2v) is 13.2. The van der Waals surface area contributed by atoms with Crippen LogP contribution in [0.1, 0.15) is 56.9 Å². The monoisotopic (exact) mass is 697 g/mol. The molecule has 1 aromatic heterocycles. The second-order valence-electron chi connectivity index (χ2n) is 12.4. The number of hydrogen-bond donors (Lipinski definition) is 3. The predicted molar refractivity (Wildman–Crippen MR) is 164 cm³/mol. The standard InChI is InChI=1S/C31H32Cl2F3N5O6/c1-30(2,3)47-29(44)39-24-11-19(15-46-26(24)21-10-18(34)4-5-23(21)35)41-14-20(13-38-41)40-7-6-31(45,28(40)43)27(42)37-12-16-8-17(32)9-22(33)25(16)36/h4-5,8-10,13-14,19,24,26,45H,6-7,11-12,15H2,1-3H3,(H,37,42)(H,39,44)/t19-,24+,26-,31+/m1/s1. The van der Waals surface area contributed by atoms with Crippen molar-refractivity contribution in [2.24, 2.45) is 0 Å². The van der Waals surface area contributed by atoms with Gasteiger partial charge in [-0.2, -0.15) is 5.10 Å². The van der Waals surface area contributed by atoms with Gasteiger partial charge >= 0.3 is 6.09 Å². The van der Waals surface area contributed by atoms with E-state index in [1.165, 1.54) is 34.1 Å². The van der Waals surface area contributed by atoms with Gasteiger partial charge < -0.3 is 30.1 Å². The van der Waals surface area contributed by atoms with Gasteiger partial charge in [-0.3, -0.25) is 14.3 Å². The number of anilines is 1. The molecule has 0 saturated carbocycles. The van der Waals surface area contributed by atoms with Gasteiger partial charge in [0.05, 0.1) is 35.6 Å². The quantitative estimate of drug-likeness (QED) is 0.234. The fraction of sp³-hybridized carbons (Fsp3) is 0.419. The minimum Gasteiger partial charge on any atom is -0.444 e. The zero-order valence-electron chi connectivity index (χ0n) is 25.5. The molecule has 16 heteroatoms. The highest BCUT2D eigenvalue weighted by molar-refractivity contribution is 6.34. The molecule has 3 aromatic rings. The normalized spacial score (nSPS) is 23.1. The van der Waals surface area contributed by atoms with Gasteiger partial charge in [0.15, 0.2) is 0 Å². The Morgan fingerprint density at radius 3 is 2.66 bits per heavy atom. The molecule has 4 atom stereocenters. The van der Waals surface area contributed by atoms with Crippen molar-refractivity contribution in [2.75, 3.05) is 18.1 Å². The van der Waals surface area contributed by atoms with Gasteiger partial charge in [0.2, 0.25) is 5.60 Å². The van der Waals surface area contributed by atoms with Gasteiger partial charge in [-0.05, 0) is 57.5 Å². The highest BCUT2D eigenvalue weighted by Crippen LogP contribution is 2.36. The SMILES string of the molecule is CC(C)(C)OC(=O)N[C@H]1C[C@@H](n2cc(N3CC[C@](O)(C(=O)NCc4cc(Cl)cc(Cl)c4F)C3=O)cn2)CO[C@@H]1c1cc(F)ccc1F. The highest BCUT2D eigenvalue weighted by Gasteiger charge is 2.52. The van der Waals surface area contributed by atoms with Crippen molar-refractivity contribution >= 4 is 46.8 Å². The van der Waals surface area contributed by atoms with Gasteiger partial charge in [-0.15, -0.1) is 0 Å². The maximum atomic E-state index is 14.8. The number of carbonyl (C=O) groups excluding carboxylic acids is 3. The van der Waals surface area contributed by atoms with Gasteiger partial charge in [-0.1, -0.05) is 23.2 Å². The lowest BCUT2D eigenvalue weighted by Crippen LogP contribution is -2.52. The summed E-state index contributed by atoms with van der Waals surface area (Å²) in [5.74, 6) is -4.12. The smallest absolute Gasteiger partial charge is 0.407 e. The summed E-state index contributed by atoms with van der Waals surface area (Å²) in [5, 5.41) is 20.3. The summed E-state index contributed by atoms with van der Waals surface area (Å²) in [6, 6.07) is 4.03. The van der Waals surface area contributed by atoms with E-state index in [0.29, 0.717) is 0 Å². The lowest BCUT2D eigenvalue weighted by molar-refractivity contribution is -0.149. The summed E-state index contributed by atoms with van der Waals surface area (Å²) in [4.78, 5) is 40.1. The van der Waals surface area contributed by atoms with Crippen LogP contribution >= 0.6 is 23.2 Å². The number of ether oxygens (including phenoxy) is 2. The Kier molecular flexibility index (Phi) is 9.79. The van der Waals surface area contributed by atoms with E-state index >= 15 is 0 Å². The first-order chi connectivity index (χ1) is 22.1. The molecule has 2 saturated heterocycles. The maximum Gasteiger partial charge on any atom is 0.407 e. The molecule has 3 N–H and O–H groups in total. The predicted octanol–water partition coefficient (Wildman–Crippen LogP) is 4.99. The number of hydrogen-bond acceptors (Lipinski definition) is 7. The summed E-state index contributed by atoms with van der Waals surface area (Å²) in [6.45, 7) is 4.62. The molecule has 252 valence electrons. The van der Waals surface area contributed by atoms with Crippen molar-refractivity contribution in [3.63, 3.8) is 0 Å². The minimum atomic E-state index is -2.43. The van der Waals surface area contributed by atoms with Crippen molar-refractivity contribution < 1.29 is 42.1 Å². The van der Waals surface area contributed by atoms with Crippen molar-refractivity contribution in [3.8, 4) is 0 Å². The number of alkyl carbamates (subject to hydrolysis) is 1. The molecule has 0 aliphatic carbocycles. The number of carbonyl (C=O) groups is 3. The van der Waals surface area contributed by atoms with Crippen LogP contribution in [-0.4, -0.2) is 63.2 Å². The molecule has 0 spiro atoms. The Hall–Kier alpha value is -3.85. The van der Waals surface area contributed by atoms with Crippen molar-refractivity contribution in [2.45, 2.75) is 69.5 Å². The lowest BCUT2D eigenvalue weighted by Gasteiger charge is -2.37. The Morgan fingerprint density at radius 2 is 1.94 bits per heavy atom. The van der Waals surface area contributed by atoms with Gasteiger partial charge in [0.1, 0.15) is 29.2 Å². The Labute approximate surface area is 277 Å². The molecule has 0 radical (unpaired) electrons. The van der Waals surface area contributed by atoms with E-state index in [4.69, 9.17) is 32.7 Å². The van der Waals surface area contributed by atoms with E-state index in [1.54, 1.807) is 20.8 Å². The van der Waals surface area contributed by atoms with Gasteiger partial charge in [-0.25, -0.2) is 18.0 Å². The molecule has 3 amide bonds. The van der Waals surface area contributed by atoms with Gasteiger partial charge in [0, 0.05) is 41.9 Å². The van der Waals surface area contributed by atoms with E-state index in [9.17, 15) is 32.7 Å². The highest BCUT2D eigenvalue weighted by atomic mass is 35.5. The van der Waals surface area contributed by atoms with Crippen LogP contribution < -0.4 is 15.5 Å². The summed E-state index contributed by atoms with van der Waals surface area (Å²) >= 11 is 11.7. The number of nitrogens with zero attached hydrogens (tertiary/aromatic N) is 3. The number of benzene rings is 2. The third kappa shape index (κ3) is 7.51. The fourth-order valence-corrected chi connectivity index (χ4v) is 6.06. The van der Waals surface area contributed by atoms with Crippen LogP contribution in [0.15, 0.2) is 42.7 Å². The third-order valence-corrected chi connectivity index (χ3v) is 8.27. The van der Waals surface area contributed by atoms with Crippen LogP contribution in [0, 0.1) is 17.5 Å². The topological polar surface area (TPSA) is 135 Å². The number of halogens is 5. The first kappa shape index (κ1) is 34.5. The second kappa shape index (κ2) is 13.3. The minimum absolute atomic E-state index is 0.0153. The molecular weight excluding hydrogens is 666 g/mol. The molecule has 2 fully saturated rings. The van der Waals surface area contributed by atoms with Gasteiger partial charge in [0.25, 0.3) is 11.8 Å². The van der Waals surface area contributed by atoms with E-state index in [-0.39, 0.29) is 59.4 Å². The Morgan fingerprint density at radius 1 is 1.19 bits per heavy atom. The average molecular weight is 699 g/mol. The molecule has 0 bridgehead atoms. The zero-order valence-corrected chi connectivity index (χ0v) is 27.0. The molecule has 0 unspecified atom stereocenters. The lowest BCUT2D eigenvalue weighted by atomic mass is 9.93. The largest absolute Gasteiger partial charge is 0.444 e. The molecule has 11 nitrogen and oxygen atoms in total. The summed E-state index contributed by atoms with van der Waals surface area (Å²) in [7, 11) is 0. The zero-order chi connectivity index (χ0) is 34.3.